The van der Waals surface area contributed by atoms with Gasteiger partial charge in [-0.25, -0.2) is 13.2 Å². The number of rotatable bonds is 5. The highest BCUT2D eigenvalue weighted by atomic mass is 32.2. The minimum atomic E-state index is -3.72. The highest BCUT2D eigenvalue weighted by Crippen LogP contribution is 2.22. The van der Waals surface area contributed by atoms with Gasteiger partial charge < -0.3 is 14.0 Å². The van der Waals surface area contributed by atoms with Crippen LogP contribution >= 0.6 is 11.3 Å². The van der Waals surface area contributed by atoms with Crippen LogP contribution in [0.5, 0.6) is 0 Å². The molecule has 1 aliphatic rings. The molecule has 1 amide bonds. The van der Waals surface area contributed by atoms with Crippen molar-refractivity contribution < 1.29 is 27.5 Å². The van der Waals surface area contributed by atoms with Crippen molar-refractivity contribution in [1.29, 1.82) is 0 Å². The van der Waals surface area contributed by atoms with Crippen LogP contribution in [0.1, 0.15) is 34.6 Å². The SMILES string of the molecule is C#CCn1c(=NC(=O)c2ccc(S(=O)(=O)N3CC(C)OC(C)C3)cc2)sc2cc(C(=O)OC)ccc21. The third-order valence-electron chi connectivity index (χ3n) is 5.68. The van der Waals surface area contributed by atoms with Crippen LogP contribution < -0.4 is 4.80 Å². The van der Waals surface area contributed by atoms with Gasteiger partial charge in [0.15, 0.2) is 4.80 Å². The fourth-order valence-corrected chi connectivity index (χ4v) is 6.70. The first-order valence-electron chi connectivity index (χ1n) is 11.1. The maximum atomic E-state index is 13.1. The maximum Gasteiger partial charge on any atom is 0.337 e. The molecule has 188 valence electrons. The topological polar surface area (TPSA) is 107 Å². The van der Waals surface area contributed by atoms with Gasteiger partial charge >= 0.3 is 5.97 Å². The van der Waals surface area contributed by atoms with Crippen molar-refractivity contribution in [2.75, 3.05) is 20.2 Å². The molecule has 0 radical (unpaired) electrons. The number of fused-ring (bicyclic) bond motifs is 1. The minimum Gasteiger partial charge on any atom is -0.465 e. The summed E-state index contributed by atoms with van der Waals surface area (Å²) in [7, 11) is -2.42. The first kappa shape index (κ1) is 25.8. The van der Waals surface area contributed by atoms with E-state index in [4.69, 9.17) is 15.9 Å². The molecule has 0 N–H and O–H groups in total. The average Bonchev–Trinajstić information content (AvgIpc) is 3.19. The van der Waals surface area contributed by atoms with Crippen molar-refractivity contribution in [3.63, 3.8) is 0 Å². The molecule has 36 heavy (non-hydrogen) atoms. The van der Waals surface area contributed by atoms with Gasteiger partial charge in [0.2, 0.25) is 10.0 Å². The van der Waals surface area contributed by atoms with E-state index in [-0.39, 0.29) is 42.3 Å². The van der Waals surface area contributed by atoms with Crippen molar-refractivity contribution in [1.82, 2.24) is 8.87 Å². The standard InChI is InChI=1S/C25H25N3O6S2/c1-5-12-28-21-11-8-19(24(30)33-4)13-22(21)35-25(28)26-23(29)18-6-9-20(10-7-18)36(31,32)27-14-16(2)34-17(3)15-27/h1,6-11,13,16-17H,12,14-15H2,2-4H3. The molecule has 2 unspecified atom stereocenters. The number of esters is 1. The fraction of sp³-hybridized carbons (Fsp3) is 0.320. The second-order valence-electron chi connectivity index (χ2n) is 8.37. The number of hydrogen-bond donors (Lipinski definition) is 0. The number of benzene rings is 2. The van der Waals surface area contributed by atoms with Crippen LogP contribution in [0.2, 0.25) is 0 Å². The highest BCUT2D eigenvalue weighted by molar-refractivity contribution is 7.89. The molecule has 1 saturated heterocycles. The number of carbonyl (C=O) groups is 2. The Morgan fingerprint density at radius 3 is 2.39 bits per heavy atom. The van der Waals surface area contributed by atoms with E-state index in [2.05, 4.69) is 10.9 Å². The molecule has 1 fully saturated rings. The fourth-order valence-electron chi connectivity index (χ4n) is 4.04. The Kier molecular flexibility index (Phi) is 7.42. The number of amides is 1. The third-order valence-corrected chi connectivity index (χ3v) is 8.56. The number of terminal acetylenes is 1. The van der Waals surface area contributed by atoms with Gasteiger partial charge in [-0.1, -0.05) is 17.3 Å². The van der Waals surface area contributed by atoms with Gasteiger partial charge in [0.05, 0.1) is 46.5 Å². The van der Waals surface area contributed by atoms with Gasteiger partial charge in [-0.15, -0.1) is 6.42 Å². The van der Waals surface area contributed by atoms with E-state index in [0.717, 1.165) is 10.2 Å². The Hall–Kier alpha value is -3.30. The number of morpholine rings is 1. The van der Waals surface area contributed by atoms with Gasteiger partial charge in [-0.05, 0) is 56.3 Å². The molecule has 0 bridgehead atoms. The summed E-state index contributed by atoms with van der Waals surface area (Å²) in [6.45, 7) is 4.37. The van der Waals surface area contributed by atoms with Crippen LogP contribution in [0, 0.1) is 12.3 Å². The number of sulfonamides is 1. The van der Waals surface area contributed by atoms with Crippen LogP contribution in [0.25, 0.3) is 10.2 Å². The van der Waals surface area contributed by atoms with Gasteiger partial charge in [-0.2, -0.15) is 9.30 Å². The molecule has 0 saturated carbocycles. The van der Waals surface area contributed by atoms with Crippen LogP contribution in [-0.2, 0) is 26.0 Å². The van der Waals surface area contributed by atoms with Crippen LogP contribution in [0.4, 0.5) is 0 Å². The van der Waals surface area contributed by atoms with E-state index in [9.17, 15) is 18.0 Å². The zero-order chi connectivity index (χ0) is 26.0. The molecular formula is C25H25N3O6S2. The van der Waals surface area contributed by atoms with Gasteiger partial charge in [0.25, 0.3) is 5.91 Å². The molecule has 2 aromatic carbocycles. The number of nitrogens with zero attached hydrogens (tertiary/aromatic N) is 3. The predicted molar refractivity (Wildman–Crippen MR) is 135 cm³/mol. The lowest BCUT2D eigenvalue weighted by Crippen LogP contribution is -2.48. The summed E-state index contributed by atoms with van der Waals surface area (Å²) in [6.07, 6.45) is 5.11. The Labute approximate surface area is 213 Å². The molecule has 3 aromatic rings. The van der Waals surface area contributed by atoms with Crippen LogP contribution in [0.15, 0.2) is 52.4 Å². The summed E-state index contributed by atoms with van der Waals surface area (Å²) in [4.78, 5) is 29.5. The maximum absolute atomic E-state index is 13.1. The Balaban J connectivity index is 1.65. The lowest BCUT2D eigenvalue weighted by atomic mass is 10.2. The van der Waals surface area contributed by atoms with Crippen molar-refractivity contribution in [3.8, 4) is 12.3 Å². The lowest BCUT2D eigenvalue weighted by molar-refractivity contribution is -0.0440. The van der Waals surface area contributed by atoms with E-state index in [1.54, 1.807) is 22.8 Å². The number of methoxy groups -OCH3 is 1. The second kappa shape index (κ2) is 10.4. The van der Waals surface area contributed by atoms with Crippen molar-refractivity contribution in [2.45, 2.75) is 37.5 Å². The smallest absolute Gasteiger partial charge is 0.337 e. The largest absolute Gasteiger partial charge is 0.465 e. The van der Waals surface area contributed by atoms with E-state index >= 15 is 0 Å². The summed E-state index contributed by atoms with van der Waals surface area (Å²) >= 11 is 1.21. The molecule has 1 aliphatic heterocycles. The molecule has 0 aliphatic carbocycles. The Morgan fingerprint density at radius 2 is 1.78 bits per heavy atom. The summed E-state index contributed by atoms with van der Waals surface area (Å²) in [5.41, 5.74) is 1.34. The number of ether oxygens (including phenoxy) is 2. The monoisotopic (exact) mass is 527 g/mol. The van der Waals surface area contributed by atoms with Crippen LogP contribution in [-0.4, -0.2) is 61.6 Å². The first-order chi connectivity index (χ1) is 17.1. The van der Waals surface area contributed by atoms with Crippen molar-refractivity contribution >= 4 is 43.5 Å². The number of aromatic nitrogens is 1. The zero-order valence-electron chi connectivity index (χ0n) is 20.0. The van der Waals surface area contributed by atoms with E-state index in [1.165, 1.54) is 47.0 Å². The predicted octanol–water partition coefficient (Wildman–Crippen LogP) is 2.66. The molecule has 0 spiro atoms. The first-order valence-corrected chi connectivity index (χ1v) is 13.4. The molecule has 11 heteroatoms. The normalized spacial score (nSPS) is 19.2. The molecular weight excluding hydrogens is 502 g/mol. The van der Waals surface area contributed by atoms with Crippen molar-refractivity contribution in [2.24, 2.45) is 4.99 Å². The Morgan fingerprint density at radius 1 is 1.14 bits per heavy atom. The summed E-state index contributed by atoms with van der Waals surface area (Å²) < 4.78 is 40.4. The summed E-state index contributed by atoms with van der Waals surface area (Å²) in [5.74, 6) is 1.54. The van der Waals surface area contributed by atoms with Crippen LogP contribution in [0.3, 0.4) is 0 Å². The van der Waals surface area contributed by atoms with Crippen molar-refractivity contribution in [3.05, 3.63) is 58.4 Å². The lowest BCUT2D eigenvalue weighted by Gasteiger charge is -2.34. The average molecular weight is 528 g/mol. The van der Waals surface area contributed by atoms with Gasteiger partial charge in [-0.3, -0.25) is 4.79 Å². The molecule has 4 rings (SSSR count). The Bertz CT molecular complexity index is 1520. The number of carbonyl (C=O) groups excluding carboxylic acids is 2. The zero-order valence-corrected chi connectivity index (χ0v) is 21.6. The summed E-state index contributed by atoms with van der Waals surface area (Å²) in [6, 6.07) is 10.7. The highest BCUT2D eigenvalue weighted by Gasteiger charge is 2.32. The number of thiazole rings is 1. The number of hydrogen-bond acceptors (Lipinski definition) is 7. The van der Waals surface area contributed by atoms with E-state index in [1.807, 2.05) is 13.8 Å². The quantitative estimate of drug-likeness (QED) is 0.373. The third kappa shape index (κ3) is 5.12. The van der Waals surface area contributed by atoms with E-state index < -0.39 is 21.9 Å². The van der Waals surface area contributed by atoms with Gasteiger partial charge in [0.1, 0.15) is 0 Å². The molecule has 9 nitrogen and oxygen atoms in total. The van der Waals surface area contributed by atoms with Gasteiger partial charge in [0, 0.05) is 18.7 Å². The molecule has 1 aromatic heterocycles. The minimum absolute atomic E-state index is 0.0972. The summed E-state index contributed by atoms with van der Waals surface area (Å²) in [5, 5.41) is 0. The second-order valence-corrected chi connectivity index (χ2v) is 11.3. The molecule has 2 heterocycles. The molecule has 2 atom stereocenters. The van der Waals surface area contributed by atoms with E-state index in [0.29, 0.717) is 10.4 Å².